The summed E-state index contributed by atoms with van der Waals surface area (Å²) < 4.78 is 28.8. The van der Waals surface area contributed by atoms with E-state index in [1.54, 1.807) is 0 Å². The number of nitrogens with one attached hydrogen (secondary N) is 1. The molecule has 0 saturated carbocycles. The van der Waals surface area contributed by atoms with Gasteiger partial charge in [0.25, 0.3) is 5.91 Å². The van der Waals surface area contributed by atoms with Crippen LogP contribution in [0.15, 0.2) is 23.1 Å². The number of benzene rings is 1. The third-order valence-electron chi connectivity index (χ3n) is 3.47. The van der Waals surface area contributed by atoms with Crippen molar-refractivity contribution in [3.8, 4) is 0 Å². The van der Waals surface area contributed by atoms with Crippen molar-refractivity contribution in [2.45, 2.75) is 36.8 Å². The van der Waals surface area contributed by atoms with Crippen LogP contribution < -0.4 is 5.32 Å². The van der Waals surface area contributed by atoms with Crippen molar-refractivity contribution in [3.63, 3.8) is 0 Å². The van der Waals surface area contributed by atoms with Gasteiger partial charge in [0.05, 0.1) is 22.1 Å². The van der Waals surface area contributed by atoms with E-state index in [9.17, 15) is 13.2 Å². The van der Waals surface area contributed by atoms with Gasteiger partial charge in [-0.1, -0.05) is 11.6 Å². The molecule has 116 valence electrons. The number of amides is 1. The van der Waals surface area contributed by atoms with Crippen LogP contribution in [0.2, 0.25) is 5.02 Å². The molecule has 1 saturated heterocycles. The zero-order chi connectivity index (χ0) is 15.6. The lowest BCUT2D eigenvalue weighted by Gasteiger charge is -2.20. The average Bonchev–Trinajstić information content (AvgIpc) is 2.91. The fourth-order valence-corrected chi connectivity index (χ4v) is 3.61. The van der Waals surface area contributed by atoms with Gasteiger partial charge in [-0.3, -0.25) is 4.79 Å². The molecule has 0 spiro atoms. The molecular formula is C14H18ClNO4S. The van der Waals surface area contributed by atoms with E-state index in [-0.39, 0.29) is 33.5 Å². The summed E-state index contributed by atoms with van der Waals surface area (Å²) in [6.45, 7) is 2.59. The van der Waals surface area contributed by atoms with Crippen LogP contribution in [-0.2, 0) is 14.6 Å². The Hall–Kier alpha value is -1.11. The molecule has 21 heavy (non-hydrogen) atoms. The van der Waals surface area contributed by atoms with E-state index in [1.807, 2.05) is 6.92 Å². The molecule has 1 aliphatic rings. The summed E-state index contributed by atoms with van der Waals surface area (Å²) in [5, 5.41) is 2.95. The fraction of sp³-hybridized carbons (Fsp3) is 0.500. The molecule has 1 N–H and O–H groups in total. The molecule has 1 aliphatic heterocycles. The van der Waals surface area contributed by atoms with Crippen LogP contribution >= 0.6 is 11.6 Å². The van der Waals surface area contributed by atoms with Crippen LogP contribution in [0, 0.1) is 0 Å². The summed E-state index contributed by atoms with van der Waals surface area (Å²) in [6.07, 6.45) is 2.97. The Labute approximate surface area is 129 Å². The predicted octanol–water partition coefficient (Wildman–Crippen LogP) is 2.04. The minimum atomic E-state index is -3.47. The number of carbonyl (C=O) groups excluding carboxylic acids is 1. The summed E-state index contributed by atoms with van der Waals surface area (Å²) in [5.74, 6) is -0.334. The third kappa shape index (κ3) is 3.96. The van der Waals surface area contributed by atoms with Gasteiger partial charge in [0.2, 0.25) is 0 Å². The number of carbonyl (C=O) groups is 1. The summed E-state index contributed by atoms with van der Waals surface area (Å²) in [7, 11) is -3.47. The Bertz CT molecular complexity index is 638. The van der Waals surface area contributed by atoms with Gasteiger partial charge in [-0.25, -0.2) is 8.42 Å². The number of hydrogen-bond donors (Lipinski definition) is 1. The van der Waals surface area contributed by atoms with Gasteiger partial charge in [-0.15, -0.1) is 0 Å². The van der Waals surface area contributed by atoms with Gasteiger partial charge in [0, 0.05) is 18.4 Å². The van der Waals surface area contributed by atoms with Crippen molar-refractivity contribution >= 4 is 27.3 Å². The highest BCUT2D eigenvalue weighted by Gasteiger charge is 2.24. The number of sulfone groups is 1. The molecule has 5 nitrogen and oxygen atoms in total. The van der Waals surface area contributed by atoms with Crippen molar-refractivity contribution < 1.29 is 17.9 Å². The first-order valence-corrected chi connectivity index (χ1v) is 8.98. The minimum absolute atomic E-state index is 0.00984. The molecule has 0 bridgehead atoms. The summed E-state index contributed by atoms with van der Waals surface area (Å²) in [6, 6.07) is 4.10. The van der Waals surface area contributed by atoms with Crippen LogP contribution in [0.5, 0.6) is 0 Å². The van der Waals surface area contributed by atoms with E-state index < -0.39 is 9.84 Å². The fourth-order valence-electron chi connectivity index (χ4n) is 2.31. The molecule has 2 atom stereocenters. The second kappa shape index (κ2) is 6.34. The van der Waals surface area contributed by atoms with Crippen LogP contribution in [0.3, 0.4) is 0 Å². The highest BCUT2D eigenvalue weighted by Crippen LogP contribution is 2.23. The Morgan fingerprint density at radius 1 is 1.48 bits per heavy atom. The van der Waals surface area contributed by atoms with Gasteiger partial charge in [0.1, 0.15) is 0 Å². The normalized spacial score (nSPS) is 20.2. The van der Waals surface area contributed by atoms with E-state index in [0.717, 1.165) is 19.1 Å². The van der Waals surface area contributed by atoms with Gasteiger partial charge in [0.15, 0.2) is 9.84 Å². The zero-order valence-corrected chi connectivity index (χ0v) is 13.5. The van der Waals surface area contributed by atoms with E-state index >= 15 is 0 Å². The summed E-state index contributed by atoms with van der Waals surface area (Å²) >= 11 is 5.86. The van der Waals surface area contributed by atoms with Crippen molar-refractivity contribution in [1.82, 2.24) is 5.32 Å². The monoisotopic (exact) mass is 331 g/mol. The molecule has 0 aromatic heterocycles. The maximum Gasteiger partial charge on any atom is 0.251 e. The van der Waals surface area contributed by atoms with E-state index in [1.165, 1.54) is 18.2 Å². The Balaban J connectivity index is 2.16. The van der Waals surface area contributed by atoms with E-state index in [0.29, 0.717) is 6.61 Å². The standard InChI is InChI=1S/C14H18ClNO4S/c1-9(12-4-3-7-20-12)16-14(17)10-5-6-11(15)13(8-10)21(2,18)19/h5-6,8-9,12H,3-4,7H2,1-2H3,(H,16,17)/t9-,12-/m0/s1. The van der Waals surface area contributed by atoms with Crippen molar-refractivity contribution in [2.75, 3.05) is 12.9 Å². The van der Waals surface area contributed by atoms with E-state index in [2.05, 4.69) is 5.32 Å². The maximum atomic E-state index is 12.2. The first-order valence-electron chi connectivity index (χ1n) is 6.71. The predicted molar refractivity (Wildman–Crippen MR) is 80.5 cm³/mol. The smallest absolute Gasteiger partial charge is 0.251 e. The topological polar surface area (TPSA) is 72.5 Å². The SMILES string of the molecule is C[C@H](NC(=O)c1ccc(Cl)c(S(C)(=O)=O)c1)[C@@H]1CCCO1. The van der Waals surface area contributed by atoms with Gasteiger partial charge in [-0.2, -0.15) is 0 Å². The van der Waals surface area contributed by atoms with Gasteiger partial charge < -0.3 is 10.1 Å². The molecule has 1 amide bonds. The molecule has 1 aromatic rings. The van der Waals surface area contributed by atoms with E-state index in [4.69, 9.17) is 16.3 Å². The number of hydrogen-bond acceptors (Lipinski definition) is 4. The molecule has 7 heteroatoms. The van der Waals surface area contributed by atoms with Crippen LogP contribution in [0.25, 0.3) is 0 Å². The molecular weight excluding hydrogens is 314 g/mol. The van der Waals surface area contributed by atoms with Gasteiger partial charge >= 0.3 is 0 Å². The molecule has 1 heterocycles. The lowest BCUT2D eigenvalue weighted by molar-refractivity contribution is 0.0712. The Morgan fingerprint density at radius 2 is 2.19 bits per heavy atom. The zero-order valence-electron chi connectivity index (χ0n) is 11.9. The average molecular weight is 332 g/mol. The van der Waals surface area contributed by atoms with Crippen LogP contribution in [0.4, 0.5) is 0 Å². The van der Waals surface area contributed by atoms with Crippen molar-refractivity contribution in [2.24, 2.45) is 0 Å². The first kappa shape index (κ1) is 16.3. The third-order valence-corrected chi connectivity index (χ3v) is 5.05. The Kier molecular flexibility index (Phi) is 4.91. The quantitative estimate of drug-likeness (QED) is 0.916. The van der Waals surface area contributed by atoms with Crippen LogP contribution in [-0.4, -0.2) is 39.3 Å². The lowest BCUT2D eigenvalue weighted by atomic mass is 10.1. The highest BCUT2D eigenvalue weighted by atomic mass is 35.5. The van der Waals surface area contributed by atoms with Gasteiger partial charge in [-0.05, 0) is 38.0 Å². The second-order valence-electron chi connectivity index (χ2n) is 5.23. The molecule has 1 aromatic carbocycles. The second-order valence-corrected chi connectivity index (χ2v) is 7.62. The van der Waals surface area contributed by atoms with Crippen LogP contribution in [0.1, 0.15) is 30.1 Å². The minimum Gasteiger partial charge on any atom is -0.376 e. The summed E-state index contributed by atoms with van der Waals surface area (Å²) in [5.41, 5.74) is 0.268. The molecule has 0 unspecified atom stereocenters. The largest absolute Gasteiger partial charge is 0.376 e. The molecule has 0 aliphatic carbocycles. The molecule has 1 fully saturated rings. The Morgan fingerprint density at radius 3 is 2.76 bits per heavy atom. The molecule has 2 rings (SSSR count). The maximum absolute atomic E-state index is 12.2. The summed E-state index contributed by atoms with van der Waals surface area (Å²) in [4.78, 5) is 12.2. The lowest BCUT2D eigenvalue weighted by Crippen LogP contribution is -2.40. The highest BCUT2D eigenvalue weighted by molar-refractivity contribution is 7.90. The number of ether oxygens (including phenoxy) is 1. The van der Waals surface area contributed by atoms with Crippen molar-refractivity contribution in [3.05, 3.63) is 28.8 Å². The van der Waals surface area contributed by atoms with Crippen molar-refractivity contribution in [1.29, 1.82) is 0 Å². The first-order chi connectivity index (χ1) is 9.79. The number of halogens is 1. The molecule has 0 radical (unpaired) electrons. The number of rotatable bonds is 4.